The van der Waals surface area contributed by atoms with Gasteiger partial charge in [0.2, 0.25) is 6.79 Å². The number of benzene rings is 1. The van der Waals surface area contributed by atoms with Gasteiger partial charge in [-0.2, -0.15) is 0 Å². The molecule has 1 aliphatic rings. The van der Waals surface area contributed by atoms with Crippen LogP contribution in [-0.4, -0.2) is 16.3 Å². The lowest BCUT2D eigenvalue weighted by Gasteiger charge is -2.05. The monoisotopic (exact) mass is 293 g/mol. The molecule has 2 heterocycles. The summed E-state index contributed by atoms with van der Waals surface area (Å²) in [5.41, 5.74) is 7.71. The van der Waals surface area contributed by atoms with Crippen molar-refractivity contribution in [2.75, 3.05) is 12.5 Å². The van der Waals surface area contributed by atoms with Crippen molar-refractivity contribution in [2.45, 2.75) is 19.8 Å². The molecule has 6 heteroatoms. The average molecular weight is 294 g/mol. The molecule has 0 unspecified atom stereocenters. The standard InChI is InChI=1S/C14H16ClN3O2/c1-7(2)14-17-11(13(16)18(14)3)8-4-9(15)12-10(5-8)19-6-20-12/h4-5,7H,6,16H2,1-3H3. The van der Waals surface area contributed by atoms with Crippen LogP contribution >= 0.6 is 11.6 Å². The molecular formula is C14H16ClN3O2. The zero-order chi connectivity index (χ0) is 14.4. The molecule has 2 N–H and O–H groups in total. The number of halogens is 1. The molecule has 0 radical (unpaired) electrons. The third-order valence-corrected chi connectivity index (χ3v) is 3.67. The number of imidazole rings is 1. The third kappa shape index (κ3) is 1.89. The number of nitrogens with zero attached hydrogens (tertiary/aromatic N) is 2. The van der Waals surface area contributed by atoms with E-state index in [4.69, 9.17) is 26.8 Å². The molecule has 1 aromatic carbocycles. The van der Waals surface area contributed by atoms with Crippen LogP contribution in [0.2, 0.25) is 5.02 Å². The Morgan fingerprint density at radius 1 is 1.35 bits per heavy atom. The average Bonchev–Trinajstić information content (AvgIpc) is 2.96. The highest BCUT2D eigenvalue weighted by atomic mass is 35.5. The Morgan fingerprint density at radius 3 is 2.75 bits per heavy atom. The Hall–Kier alpha value is -1.88. The molecule has 3 rings (SSSR count). The summed E-state index contributed by atoms with van der Waals surface area (Å²) in [5.74, 6) is 3.05. The van der Waals surface area contributed by atoms with E-state index in [9.17, 15) is 0 Å². The molecule has 0 atom stereocenters. The number of anilines is 1. The second kappa shape index (κ2) is 4.59. The fourth-order valence-electron chi connectivity index (χ4n) is 2.36. The van der Waals surface area contributed by atoms with Crippen LogP contribution in [0.3, 0.4) is 0 Å². The fraction of sp³-hybridized carbons (Fsp3) is 0.357. The lowest BCUT2D eigenvalue weighted by molar-refractivity contribution is 0.174. The van der Waals surface area contributed by atoms with Gasteiger partial charge in [0, 0.05) is 18.5 Å². The van der Waals surface area contributed by atoms with Crippen LogP contribution in [0.15, 0.2) is 12.1 Å². The first-order chi connectivity index (χ1) is 9.49. The van der Waals surface area contributed by atoms with E-state index in [-0.39, 0.29) is 6.79 Å². The number of hydrogen-bond acceptors (Lipinski definition) is 4. The molecule has 1 aromatic heterocycles. The maximum Gasteiger partial charge on any atom is 0.231 e. The van der Waals surface area contributed by atoms with Gasteiger partial charge in [-0.25, -0.2) is 4.98 Å². The minimum atomic E-state index is 0.188. The summed E-state index contributed by atoms with van der Waals surface area (Å²) in [6.45, 7) is 4.35. The van der Waals surface area contributed by atoms with E-state index in [1.165, 1.54) is 0 Å². The third-order valence-electron chi connectivity index (χ3n) is 3.39. The van der Waals surface area contributed by atoms with Crippen LogP contribution in [0, 0.1) is 0 Å². The fourth-order valence-corrected chi connectivity index (χ4v) is 2.63. The van der Waals surface area contributed by atoms with Crippen LogP contribution in [0.25, 0.3) is 11.3 Å². The van der Waals surface area contributed by atoms with Gasteiger partial charge in [0.1, 0.15) is 17.3 Å². The summed E-state index contributed by atoms with van der Waals surface area (Å²) in [7, 11) is 1.91. The van der Waals surface area contributed by atoms with Gasteiger partial charge in [-0.3, -0.25) is 0 Å². The SMILES string of the molecule is CC(C)c1nc(-c2cc(Cl)c3c(c2)OCO3)c(N)n1C. The van der Waals surface area contributed by atoms with E-state index in [1.807, 2.05) is 17.7 Å². The minimum absolute atomic E-state index is 0.188. The second-order valence-corrected chi connectivity index (χ2v) is 5.52. The van der Waals surface area contributed by atoms with E-state index in [0.717, 1.165) is 17.1 Å². The molecule has 0 saturated carbocycles. The lowest BCUT2D eigenvalue weighted by Crippen LogP contribution is -2.02. The van der Waals surface area contributed by atoms with Crippen LogP contribution in [0.5, 0.6) is 11.5 Å². The number of hydrogen-bond donors (Lipinski definition) is 1. The molecule has 0 aliphatic carbocycles. The molecule has 0 bridgehead atoms. The Labute approximate surface area is 122 Å². The van der Waals surface area contributed by atoms with E-state index in [0.29, 0.717) is 28.3 Å². The highest BCUT2D eigenvalue weighted by Crippen LogP contribution is 2.43. The summed E-state index contributed by atoms with van der Waals surface area (Å²) < 4.78 is 12.6. The number of rotatable bonds is 2. The van der Waals surface area contributed by atoms with Gasteiger partial charge < -0.3 is 19.8 Å². The normalized spacial score (nSPS) is 13.2. The highest BCUT2D eigenvalue weighted by molar-refractivity contribution is 6.32. The molecule has 0 saturated heterocycles. The van der Waals surface area contributed by atoms with Crippen LogP contribution in [0.1, 0.15) is 25.6 Å². The highest BCUT2D eigenvalue weighted by Gasteiger charge is 2.22. The zero-order valence-corrected chi connectivity index (χ0v) is 12.4. The predicted octanol–water partition coefficient (Wildman–Crippen LogP) is 3.17. The summed E-state index contributed by atoms with van der Waals surface area (Å²) in [6, 6.07) is 3.66. The van der Waals surface area contributed by atoms with Gasteiger partial charge in [-0.1, -0.05) is 25.4 Å². The van der Waals surface area contributed by atoms with E-state index in [2.05, 4.69) is 18.8 Å². The van der Waals surface area contributed by atoms with Gasteiger partial charge >= 0.3 is 0 Å². The molecule has 1 aliphatic heterocycles. The maximum absolute atomic E-state index is 6.21. The predicted molar refractivity (Wildman–Crippen MR) is 78.3 cm³/mol. The quantitative estimate of drug-likeness (QED) is 0.924. The van der Waals surface area contributed by atoms with Crippen LogP contribution in [0.4, 0.5) is 5.82 Å². The topological polar surface area (TPSA) is 62.3 Å². The summed E-state index contributed by atoms with van der Waals surface area (Å²) in [6.07, 6.45) is 0. The maximum atomic E-state index is 6.21. The Morgan fingerprint density at radius 2 is 2.10 bits per heavy atom. The molecule has 2 aromatic rings. The molecule has 5 nitrogen and oxygen atoms in total. The summed E-state index contributed by atoms with van der Waals surface area (Å²) in [5, 5.41) is 0.506. The number of ether oxygens (including phenoxy) is 2. The molecule has 0 spiro atoms. The van der Waals surface area contributed by atoms with Crippen molar-refractivity contribution in [2.24, 2.45) is 7.05 Å². The number of aromatic nitrogens is 2. The lowest BCUT2D eigenvalue weighted by atomic mass is 10.1. The second-order valence-electron chi connectivity index (χ2n) is 5.11. The molecular weight excluding hydrogens is 278 g/mol. The van der Waals surface area contributed by atoms with Gasteiger partial charge in [0.15, 0.2) is 11.5 Å². The van der Waals surface area contributed by atoms with Crippen molar-refractivity contribution in [3.05, 3.63) is 23.0 Å². The molecule has 106 valence electrons. The molecule has 20 heavy (non-hydrogen) atoms. The summed E-state index contributed by atoms with van der Waals surface area (Å²) >= 11 is 6.21. The largest absolute Gasteiger partial charge is 0.454 e. The van der Waals surface area contributed by atoms with Gasteiger partial charge in [0.05, 0.1) is 5.02 Å². The Bertz CT molecular complexity index is 680. The number of nitrogens with two attached hydrogens (primary N) is 1. The van der Waals surface area contributed by atoms with Crippen molar-refractivity contribution < 1.29 is 9.47 Å². The van der Waals surface area contributed by atoms with Crippen molar-refractivity contribution in [3.63, 3.8) is 0 Å². The first kappa shape index (κ1) is 13.1. The van der Waals surface area contributed by atoms with E-state index < -0.39 is 0 Å². The Balaban J connectivity index is 2.15. The Kier molecular flexibility index (Phi) is 3.01. The van der Waals surface area contributed by atoms with Crippen molar-refractivity contribution in [1.29, 1.82) is 0 Å². The smallest absolute Gasteiger partial charge is 0.231 e. The van der Waals surface area contributed by atoms with Crippen molar-refractivity contribution in [3.8, 4) is 22.8 Å². The van der Waals surface area contributed by atoms with E-state index in [1.54, 1.807) is 6.07 Å². The first-order valence-electron chi connectivity index (χ1n) is 6.40. The van der Waals surface area contributed by atoms with Crippen LogP contribution < -0.4 is 15.2 Å². The zero-order valence-electron chi connectivity index (χ0n) is 11.6. The van der Waals surface area contributed by atoms with Crippen molar-refractivity contribution in [1.82, 2.24) is 9.55 Å². The van der Waals surface area contributed by atoms with Crippen LogP contribution in [-0.2, 0) is 7.05 Å². The molecule has 0 fully saturated rings. The number of nitrogen functional groups attached to an aromatic ring is 1. The van der Waals surface area contributed by atoms with Gasteiger partial charge in [-0.15, -0.1) is 0 Å². The van der Waals surface area contributed by atoms with Gasteiger partial charge in [0.25, 0.3) is 0 Å². The molecule has 0 amide bonds. The minimum Gasteiger partial charge on any atom is -0.454 e. The number of fused-ring (bicyclic) bond motifs is 1. The van der Waals surface area contributed by atoms with E-state index >= 15 is 0 Å². The summed E-state index contributed by atoms with van der Waals surface area (Å²) in [4.78, 5) is 4.63. The van der Waals surface area contributed by atoms with Crippen molar-refractivity contribution >= 4 is 17.4 Å². The van der Waals surface area contributed by atoms with Gasteiger partial charge in [-0.05, 0) is 12.1 Å². The first-order valence-corrected chi connectivity index (χ1v) is 6.78.